The molecule has 2 aliphatic rings. The summed E-state index contributed by atoms with van der Waals surface area (Å²) in [5, 5.41) is 10.9. The Bertz CT molecular complexity index is 844. The second kappa shape index (κ2) is 5.33. The molecule has 24 heavy (non-hydrogen) atoms. The fraction of sp³-hybridized carbons (Fsp3) is 0.375. The van der Waals surface area contributed by atoms with Gasteiger partial charge in [-0.05, 0) is 26.0 Å². The zero-order chi connectivity index (χ0) is 16.8. The highest BCUT2D eigenvalue weighted by Crippen LogP contribution is 2.34. The van der Waals surface area contributed by atoms with Crippen molar-refractivity contribution in [2.45, 2.75) is 33.0 Å². The zero-order valence-electron chi connectivity index (χ0n) is 13.4. The van der Waals surface area contributed by atoms with Gasteiger partial charge in [0.2, 0.25) is 0 Å². The summed E-state index contributed by atoms with van der Waals surface area (Å²) in [7, 11) is 0. The average molecular weight is 327 g/mol. The molecule has 0 bridgehead atoms. The van der Waals surface area contributed by atoms with Gasteiger partial charge in [0, 0.05) is 13.1 Å². The first kappa shape index (κ1) is 14.7. The van der Waals surface area contributed by atoms with Crippen molar-refractivity contribution in [1.82, 2.24) is 19.7 Å². The Hall–Kier alpha value is -2.90. The van der Waals surface area contributed by atoms with Crippen LogP contribution in [-0.4, -0.2) is 44.1 Å². The summed E-state index contributed by atoms with van der Waals surface area (Å²) in [5.41, 5.74) is 0.976. The van der Waals surface area contributed by atoms with E-state index in [1.54, 1.807) is 30.0 Å². The zero-order valence-corrected chi connectivity index (χ0v) is 13.4. The molecule has 0 aliphatic carbocycles. The number of rotatable bonds is 1. The minimum Gasteiger partial charge on any atom is -0.478 e. The van der Waals surface area contributed by atoms with Crippen LogP contribution in [0.15, 0.2) is 18.2 Å². The van der Waals surface area contributed by atoms with Crippen LogP contribution in [0.4, 0.5) is 5.69 Å². The van der Waals surface area contributed by atoms with E-state index in [-0.39, 0.29) is 11.8 Å². The van der Waals surface area contributed by atoms with Crippen LogP contribution < -0.4 is 10.1 Å². The number of nitrogens with zero attached hydrogens (tertiary/aromatic N) is 4. The van der Waals surface area contributed by atoms with Crippen molar-refractivity contribution in [2.24, 2.45) is 0 Å². The second-order valence-electron chi connectivity index (χ2n) is 5.97. The van der Waals surface area contributed by atoms with Gasteiger partial charge >= 0.3 is 0 Å². The van der Waals surface area contributed by atoms with Crippen LogP contribution in [0, 0.1) is 6.92 Å². The summed E-state index contributed by atoms with van der Waals surface area (Å²) >= 11 is 0. The van der Waals surface area contributed by atoms with E-state index in [4.69, 9.17) is 4.74 Å². The van der Waals surface area contributed by atoms with Gasteiger partial charge in [-0.2, -0.15) is 0 Å². The molecule has 1 atom stereocenters. The standard InChI is InChI=1S/C16H17N5O3/c1-9-15(22)17-12-5-3-4-11(14(12)24-9)16(23)20-6-7-21-10(2)18-19-13(21)8-20/h3-5,9H,6-8H2,1-2H3,(H,17,22)/t9-/m1/s1. The molecule has 0 fully saturated rings. The number of benzene rings is 1. The van der Waals surface area contributed by atoms with Crippen molar-refractivity contribution in [2.75, 3.05) is 11.9 Å². The predicted octanol–water partition coefficient (Wildman–Crippen LogP) is 0.962. The Kier molecular flexibility index (Phi) is 3.26. The fourth-order valence-corrected chi connectivity index (χ4v) is 3.04. The first-order valence-corrected chi connectivity index (χ1v) is 7.83. The minimum atomic E-state index is -0.626. The quantitative estimate of drug-likeness (QED) is 0.843. The van der Waals surface area contributed by atoms with E-state index in [1.165, 1.54) is 0 Å². The highest BCUT2D eigenvalue weighted by atomic mass is 16.5. The molecule has 2 aliphatic heterocycles. The molecule has 0 spiro atoms. The normalized spacial score (nSPS) is 19.2. The molecule has 1 N–H and O–H groups in total. The number of nitrogens with one attached hydrogen (secondary N) is 1. The van der Waals surface area contributed by atoms with E-state index in [0.29, 0.717) is 36.6 Å². The van der Waals surface area contributed by atoms with Crippen molar-refractivity contribution >= 4 is 17.5 Å². The van der Waals surface area contributed by atoms with E-state index >= 15 is 0 Å². The van der Waals surface area contributed by atoms with Crippen LogP contribution in [0.1, 0.15) is 28.9 Å². The third-order valence-electron chi connectivity index (χ3n) is 4.39. The number of hydrogen-bond acceptors (Lipinski definition) is 5. The Labute approximate surface area is 138 Å². The lowest BCUT2D eigenvalue weighted by molar-refractivity contribution is -0.122. The molecule has 2 amide bonds. The molecule has 2 aromatic rings. The molecule has 8 heteroatoms. The van der Waals surface area contributed by atoms with Gasteiger partial charge in [0.25, 0.3) is 11.8 Å². The Morgan fingerprint density at radius 2 is 2.17 bits per heavy atom. The molecule has 0 radical (unpaired) electrons. The summed E-state index contributed by atoms with van der Waals surface area (Å²) in [6.07, 6.45) is -0.626. The highest BCUT2D eigenvalue weighted by Gasteiger charge is 2.31. The number of aromatic nitrogens is 3. The topological polar surface area (TPSA) is 89.3 Å². The van der Waals surface area contributed by atoms with E-state index in [1.807, 2.05) is 11.5 Å². The first-order chi connectivity index (χ1) is 11.5. The Morgan fingerprint density at radius 3 is 3.00 bits per heavy atom. The monoisotopic (exact) mass is 327 g/mol. The molecule has 1 aromatic heterocycles. The maximum absolute atomic E-state index is 13.0. The van der Waals surface area contributed by atoms with Crippen LogP contribution in [0.3, 0.4) is 0 Å². The molecule has 0 saturated heterocycles. The van der Waals surface area contributed by atoms with Crippen molar-refractivity contribution < 1.29 is 14.3 Å². The second-order valence-corrected chi connectivity index (χ2v) is 5.97. The van der Waals surface area contributed by atoms with Crippen molar-refractivity contribution in [3.8, 4) is 5.75 Å². The number of anilines is 1. The van der Waals surface area contributed by atoms with E-state index < -0.39 is 6.10 Å². The third-order valence-corrected chi connectivity index (χ3v) is 4.39. The van der Waals surface area contributed by atoms with Gasteiger partial charge < -0.3 is 19.5 Å². The fourth-order valence-electron chi connectivity index (χ4n) is 3.04. The van der Waals surface area contributed by atoms with Crippen LogP contribution in [0.2, 0.25) is 0 Å². The molecule has 0 unspecified atom stereocenters. The van der Waals surface area contributed by atoms with Gasteiger partial charge in [-0.3, -0.25) is 9.59 Å². The van der Waals surface area contributed by atoms with Gasteiger partial charge in [-0.25, -0.2) is 0 Å². The summed E-state index contributed by atoms with van der Waals surface area (Å²) in [5.74, 6) is 1.71. The summed E-state index contributed by atoms with van der Waals surface area (Å²) < 4.78 is 7.68. The van der Waals surface area contributed by atoms with Gasteiger partial charge in [0.15, 0.2) is 17.7 Å². The number of carbonyl (C=O) groups excluding carboxylic acids is 2. The number of para-hydroxylation sites is 1. The van der Waals surface area contributed by atoms with E-state index in [0.717, 1.165) is 11.6 Å². The molecule has 124 valence electrons. The van der Waals surface area contributed by atoms with Crippen LogP contribution in [-0.2, 0) is 17.9 Å². The number of ether oxygens (including phenoxy) is 1. The lowest BCUT2D eigenvalue weighted by atomic mass is 10.1. The van der Waals surface area contributed by atoms with Gasteiger partial charge in [0.05, 0.1) is 17.8 Å². The average Bonchev–Trinajstić information content (AvgIpc) is 2.95. The van der Waals surface area contributed by atoms with Gasteiger partial charge in [0.1, 0.15) is 5.82 Å². The number of carbonyl (C=O) groups is 2. The molecule has 8 nitrogen and oxygen atoms in total. The molecular weight excluding hydrogens is 310 g/mol. The number of hydrogen-bond donors (Lipinski definition) is 1. The number of aryl methyl sites for hydroxylation is 1. The van der Waals surface area contributed by atoms with Gasteiger partial charge in [-0.15, -0.1) is 10.2 Å². The minimum absolute atomic E-state index is 0.137. The molecule has 4 rings (SSSR count). The summed E-state index contributed by atoms with van der Waals surface area (Å²) in [6.45, 7) is 5.22. The van der Waals surface area contributed by atoms with Crippen LogP contribution in [0.5, 0.6) is 5.75 Å². The van der Waals surface area contributed by atoms with E-state index in [2.05, 4.69) is 15.5 Å². The predicted molar refractivity (Wildman–Crippen MR) is 84.7 cm³/mol. The van der Waals surface area contributed by atoms with E-state index in [9.17, 15) is 9.59 Å². The maximum Gasteiger partial charge on any atom is 0.265 e. The largest absolute Gasteiger partial charge is 0.478 e. The number of amides is 2. The Balaban J connectivity index is 1.64. The smallest absolute Gasteiger partial charge is 0.265 e. The lowest BCUT2D eigenvalue weighted by Gasteiger charge is -2.30. The van der Waals surface area contributed by atoms with Crippen LogP contribution >= 0.6 is 0 Å². The van der Waals surface area contributed by atoms with Crippen molar-refractivity contribution in [3.05, 3.63) is 35.4 Å². The molecule has 0 saturated carbocycles. The van der Waals surface area contributed by atoms with Crippen LogP contribution in [0.25, 0.3) is 0 Å². The molecule has 3 heterocycles. The first-order valence-electron chi connectivity index (χ1n) is 7.83. The van der Waals surface area contributed by atoms with Crippen molar-refractivity contribution in [3.63, 3.8) is 0 Å². The molecule has 1 aromatic carbocycles. The number of fused-ring (bicyclic) bond motifs is 2. The Morgan fingerprint density at radius 1 is 1.33 bits per heavy atom. The third kappa shape index (κ3) is 2.22. The highest BCUT2D eigenvalue weighted by molar-refractivity contribution is 6.04. The summed E-state index contributed by atoms with van der Waals surface area (Å²) in [4.78, 5) is 26.4. The SMILES string of the molecule is Cc1nnc2n1CCN(C(=O)c1cccc3c1O[C@H](C)C(=O)N3)C2. The van der Waals surface area contributed by atoms with Gasteiger partial charge in [-0.1, -0.05) is 6.07 Å². The maximum atomic E-state index is 13.0. The van der Waals surface area contributed by atoms with Crippen molar-refractivity contribution in [1.29, 1.82) is 0 Å². The lowest BCUT2D eigenvalue weighted by Crippen LogP contribution is -2.40. The summed E-state index contributed by atoms with van der Waals surface area (Å²) in [6, 6.07) is 5.18. The molecular formula is C16H17N5O3.